The van der Waals surface area contributed by atoms with Crippen LogP contribution in [-0.2, 0) is 14.8 Å². The second kappa shape index (κ2) is 10.5. The highest BCUT2D eigenvalue weighted by atomic mass is 32.2. The fourth-order valence-corrected chi connectivity index (χ4v) is 6.16. The van der Waals surface area contributed by atoms with E-state index in [4.69, 9.17) is 9.47 Å². The number of fused-ring (bicyclic) bond motifs is 1. The van der Waals surface area contributed by atoms with E-state index in [0.29, 0.717) is 50.9 Å². The van der Waals surface area contributed by atoms with Gasteiger partial charge in [-0.2, -0.15) is 0 Å². The van der Waals surface area contributed by atoms with Gasteiger partial charge < -0.3 is 19.3 Å². The van der Waals surface area contributed by atoms with Gasteiger partial charge in [0.15, 0.2) is 11.5 Å². The summed E-state index contributed by atoms with van der Waals surface area (Å²) in [5, 5.41) is 0. The lowest BCUT2D eigenvalue weighted by Crippen LogP contribution is -2.52. The Morgan fingerprint density at radius 2 is 1.61 bits per heavy atom. The summed E-state index contributed by atoms with van der Waals surface area (Å²) in [6, 6.07) is 15.6. The molecule has 2 heterocycles. The van der Waals surface area contributed by atoms with Gasteiger partial charge in [0.2, 0.25) is 5.91 Å². The minimum absolute atomic E-state index is 0.0429. The Bertz CT molecular complexity index is 1440. The number of piperazine rings is 1. The van der Waals surface area contributed by atoms with Crippen molar-refractivity contribution in [1.82, 2.24) is 4.90 Å². The van der Waals surface area contributed by atoms with Crippen molar-refractivity contribution in [2.75, 3.05) is 55.1 Å². The highest BCUT2D eigenvalue weighted by Crippen LogP contribution is 2.34. The van der Waals surface area contributed by atoms with E-state index in [1.807, 2.05) is 6.07 Å². The molecule has 2 aliphatic heterocycles. The maximum atomic E-state index is 13.8. The van der Waals surface area contributed by atoms with Crippen molar-refractivity contribution in [1.29, 1.82) is 0 Å². The first-order valence-corrected chi connectivity index (χ1v) is 13.9. The van der Waals surface area contributed by atoms with Gasteiger partial charge in [-0.3, -0.25) is 9.10 Å². The van der Waals surface area contributed by atoms with Crippen molar-refractivity contribution in [2.45, 2.75) is 18.7 Å². The maximum Gasteiger partial charge on any atom is 0.264 e. The topological polar surface area (TPSA) is 79.4 Å². The quantitative estimate of drug-likeness (QED) is 0.475. The average molecular weight is 540 g/mol. The van der Waals surface area contributed by atoms with Crippen molar-refractivity contribution in [3.8, 4) is 11.5 Å². The first kappa shape index (κ1) is 25.8. The predicted octanol–water partition coefficient (Wildman–Crippen LogP) is 3.76. The van der Waals surface area contributed by atoms with E-state index in [0.717, 1.165) is 9.99 Å². The Kier molecular flexibility index (Phi) is 7.16. The predicted molar refractivity (Wildman–Crippen MR) is 143 cm³/mol. The van der Waals surface area contributed by atoms with Crippen molar-refractivity contribution in [2.24, 2.45) is 0 Å². The van der Waals surface area contributed by atoms with Gasteiger partial charge >= 0.3 is 0 Å². The van der Waals surface area contributed by atoms with Gasteiger partial charge in [-0.1, -0.05) is 12.1 Å². The molecule has 0 radical (unpaired) electrons. The summed E-state index contributed by atoms with van der Waals surface area (Å²) in [6.45, 7) is 6.66. The van der Waals surface area contributed by atoms with Gasteiger partial charge in [-0.05, 0) is 67.4 Å². The lowest BCUT2D eigenvalue weighted by Gasteiger charge is -2.38. The minimum atomic E-state index is -4.18. The van der Waals surface area contributed by atoms with Crippen LogP contribution in [0.4, 0.5) is 15.8 Å². The summed E-state index contributed by atoms with van der Waals surface area (Å²) in [5.74, 6) is -0.0398. The first-order valence-electron chi connectivity index (χ1n) is 12.5. The summed E-state index contributed by atoms with van der Waals surface area (Å²) in [5.41, 5.74) is 3.76. The molecule has 1 saturated heterocycles. The van der Waals surface area contributed by atoms with E-state index in [-0.39, 0.29) is 16.5 Å². The molecule has 8 nitrogen and oxygen atoms in total. The fourth-order valence-electron chi connectivity index (χ4n) is 4.73. The molecular weight excluding hydrogens is 509 g/mol. The number of anilines is 2. The van der Waals surface area contributed by atoms with Gasteiger partial charge in [0, 0.05) is 37.9 Å². The number of sulfonamides is 1. The van der Waals surface area contributed by atoms with Crippen LogP contribution in [0.15, 0.2) is 65.6 Å². The van der Waals surface area contributed by atoms with Gasteiger partial charge in [0.05, 0.1) is 10.6 Å². The van der Waals surface area contributed by atoms with Crippen molar-refractivity contribution >= 4 is 27.3 Å². The molecule has 3 aromatic carbocycles. The molecule has 0 atom stereocenters. The molecule has 10 heteroatoms. The van der Waals surface area contributed by atoms with Crippen LogP contribution in [0.3, 0.4) is 0 Å². The standard InChI is InChI=1S/C28H30FN3O5S/c1-20-4-3-5-25(21(20)2)30-12-14-31(15-13-30)28(33)19-32(23-8-6-22(29)7-9-23)38(34,35)24-10-11-26-27(18-24)37-17-16-36-26/h3-11,18H,12-17,19H2,1-2H3. The molecular formula is C28H30FN3O5S. The van der Waals surface area contributed by atoms with Crippen LogP contribution < -0.4 is 18.7 Å². The van der Waals surface area contributed by atoms with E-state index < -0.39 is 22.4 Å². The van der Waals surface area contributed by atoms with Gasteiger partial charge in [0.25, 0.3) is 10.0 Å². The van der Waals surface area contributed by atoms with E-state index in [1.165, 1.54) is 47.5 Å². The van der Waals surface area contributed by atoms with E-state index in [9.17, 15) is 17.6 Å². The average Bonchev–Trinajstić information content (AvgIpc) is 2.93. The number of hydrogen-bond donors (Lipinski definition) is 0. The molecule has 0 aromatic heterocycles. The molecule has 200 valence electrons. The number of hydrogen-bond acceptors (Lipinski definition) is 6. The highest BCUT2D eigenvalue weighted by Gasteiger charge is 2.31. The Morgan fingerprint density at radius 1 is 0.921 bits per heavy atom. The zero-order chi connectivity index (χ0) is 26.9. The van der Waals surface area contributed by atoms with E-state index in [2.05, 4.69) is 30.9 Å². The third-order valence-corrected chi connectivity index (χ3v) is 8.81. The summed E-state index contributed by atoms with van der Waals surface area (Å²) in [7, 11) is -4.18. The lowest BCUT2D eigenvalue weighted by molar-refractivity contribution is -0.129. The number of rotatable bonds is 6. The molecule has 2 aliphatic rings. The second-order valence-electron chi connectivity index (χ2n) is 9.38. The minimum Gasteiger partial charge on any atom is -0.486 e. The fraction of sp³-hybridized carbons (Fsp3) is 0.321. The molecule has 0 unspecified atom stereocenters. The van der Waals surface area contributed by atoms with Gasteiger partial charge in [-0.15, -0.1) is 0 Å². The largest absolute Gasteiger partial charge is 0.486 e. The van der Waals surface area contributed by atoms with Crippen molar-refractivity contribution in [3.63, 3.8) is 0 Å². The summed E-state index contributed by atoms with van der Waals surface area (Å²) >= 11 is 0. The van der Waals surface area contributed by atoms with Crippen LogP contribution in [0, 0.1) is 19.7 Å². The Hall–Kier alpha value is -3.79. The number of ether oxygens (including phenoxy) is 2. The van der Waals surface area contributed by atoms with Crippen LogP contribution in [-0.4, -0.2) is 65.2 Å². The van der Waals surface area contributed by atoms with Gasteiger partial charge in [-0.25, -0.2) is 12.8 Å². The van der Waals surface area contributed by atoms with Crippen LogP contribution in [0.5, 0.6) is 11.5 Å². The summed E-state index contributed by atoms with van der Waals surface area (Å²) in [4.78, 5) is 17.3. The maximum absolute atomic E-state index is 13.8. The number of halogens is 1. The monoisotopic (exact) mass is 539 g/mol. The second-order valence-corrected chi connectivity index (χ2v) is 11.2. The molecule has 0 bridgehead atoms. The number of amides is 1. The third kappa shape index (κ3) is 5.13. The SMILES string of the molecule is Cc1cccc(N2CCN(C(=O)CN(c3ccc(F)cc3)S(=O)(=O)c3ccc4c(c3)OCCO4)CC2)c1C. The smallest absolute Gasteiger partial charge is 0.264 e. The number of aryl methyl sites for hydroxylation is 1. The number of carbonyl (C=O) groups is 1. The number of carbonyl (C=O) groups excluding carboxylic acids is 1. The molecule has 5 rings (SSSR count). The van der Waals surface area contributed by atoms with Crippen LogP contribution >= 0.6 is 0 Å². The van der Waals surface area contributed by atoms with Crippen LogP contribution in [0.1, 0.15) is 11.1 Å². The summed E-state index contributed by atoms with van der Waals surface area (Å²) in [6.07, 6.45) is 0. The van der Waals surface area contributed by atoms with Crippen LogP contribution in [0.25, 0.3) is 0 Å². The Balaban J connectivity index is 1.37. The normalized spacial score (nSPS) is 15.3. The van der Waals surface area contributed by atoms with Crippen molar-refractivity contribution < 1.29 is 27.1 Å². The molecule has 0 aliphatic carbocycles. The molecule has 3 aromatic rings. The molecule has 0 spiro atoms. The molecule has 1 amide bonds. The Labute approximate surface area is 222 Å². The zero-order valence-electron chi connectivity index (χ0n) is 21.4. The third-order valence-electron chi connectivity index (χ3n) is 7.04. The van der Waals surface area contributed by atoms with Crippen molar-refractivity contribution in [3.05, 3.63) is 77.6 Å². The first-order chi connectivity index (χ1) is 18.2. The molecule has 1 fully saturated rings. The molecule has 0 saturated carbocycles. The Morgan fingerprint density at radius 3 is 2.32 bits per heavy atom. The lowest BCUT2D eigenvalue weighted by atomic mass is 10.1. The molecule has 0 N–H and O–H groups in total. The number of benzene rings is 3. The van der Waals surface area contributed by atoms with E-state index >= 15 is 0 Å². The highest BCUT2D eigenvalue weighted by molar-refractivity contribution is 7.92. The summed E-state index contributed by atoms with van der Waals surface area (Å²) < 4.78 is 53.3. The number of nitrogens with zero attached hydrogens (tertiary/aromatic N) is 3. The molecule has 38 heavy (non-hydrogen) atoms. The van der Waals surface area contributed by atoms with Gasteiger partial charge in [0.1, 0.15) is 25.6 Å². The van der Waals surface area contributed by atoms with Crippen LogP contribution in [0.2, 0.25) is 0 Å². The zero-order valence-corrected chi connectivity index (χ0v) is 22.2. The van der Waals surface area contributed by atoms with E-state index in [1.54, 1.807) is 11.0 Å².